The zero-order chi connectivity index (χ0) is 12.1. The molecule has 2 N–H and O–H groups in total. The highest BCUT2D eigenvalue weighted by molar-refractivity contribution is 7.09. The summed E-state index contributed by atoms with van der Waals surface area (Å²) in [5.41, 5.74) is 6.08. The second-order valence-corrected chi connectivity index (χ2v) is 5.80. The molecular weight excluding hydrogens is 230 g/mol. The number of thiazole rings is 1. The van der Waals surface area contributed by atoms with Gasteiger partial charge in [-0.2, -0.15) is 0 Å². The van der Waals surface area contributed by atoms with Crippen molar-refractivity contribution in [2.75, 3.05) is 6.54 Å². The first-order valence-corrected chi connectivity index (χ1v) is 7.34. The van der Waals surface area contributed by atoms with Gasteiger partial charge in [-0.05, 0) is 12.8 Å². The van der Waals surface area contributed by atoms with Crippen LogP contribution in [0.15, 0.2) is 16.6 Å². The van der Waals surface area contributed by atoms with Gasteiger partial charge < -0.3 is 5.73 Å². The van der Waals surface area contributed by atoms with Crippen LogP contribution in [0.4, 0.5) is 0 Å². The second kappa shape index (κ2) is 6.15. The minimum absolute atomic E-state index is 0.386. The van der Waals surface area contributed by atoms with Crippen molar-refractivity contribution in [1.29, 1.82) is 0 Å². The Bertz CT molecular complexity index is 353. The minimum Gasteiger partial charge on any atom is -0.387 e. The molecule has 1 fully saturated rings. The summed E-state index contributed by atoms with van der Waals surface area (Å²) in [6, 6.07) is 0. The summed E-state index contributed by atoms with van der Waals surface area (Å²) < 4.78 is 0. The van der Waals surface area contributed by atoms with Gasteiger partial charge in [0.25, 0.3) is 0 Å². The van der Waals surface area contributed by atoms with Crippen LogP contribution in [0.25, 0.3) is 0 Å². The molecule has 0 saturated heterocycles. The third-order valence-electron chi connectivity index (χ3n) is 3.44. The molecule has 1 saturated carbocycles. The van der Waals surface area contributed by atoms with Crippen LogP contribution in [0.2, 0.25) is 0 Å². The molecule has 1 aromatic heterocycles. The fourth-order valence-corrected chi connectivity index (χ4v) is 3.02. The van der Waals surface area contributed by atoms with Crippen LogP contribution < -0.4 is 5.73 Å². The van der Waals surface area contributed by atoms with E-state index >= 15 is 0 Å². The van der Waals surface area contributed by atoms with Gasteiger partial charge in [-0.3, -0.25) is 4.99 Å². The maximum Gasteiger partial charge on any atom is 0.0971 e. The molecule has 1 aliphatic rings. The summed E-state index contributed by atoms with van der Waals surface area (Å²) in [6.07, 6.45) is 8.28. The van der Waals surface area contributed by atoms with Crippen LogP contribution in [-0.4, -0.2) is 17.4 Å². The third kappa shape index (κ3) is 3.53. The van der Waals surface area contributed by atoms with Crippen molar-refractivity contribution in [2.45, 2.75) is 44.9 Å². The lowest BCUT2D eigenvalue weighted by Crippen LogP contribution is -2.26. The highest BCUT2D eigenvalue weighted by atomic mass is 32.1. The van der Waals surface area contributed by atoms with E-state index in [0.717, 1.165) is 17.4 Å². The first-order valence-electron chi connectivity index (χ1n) is 6.46. The maximum atomic E-state index is 6.08. The summed E-state index contributed by atoms with van der Waals surface area (Å²) in [4.78, 5) is 8.88. The average Bonchev–Trinajstić information content (AvgIpc) is 2.90. The highest BCUT2D eigenvalue weighted by Gasteiger charge is 2.17. The van der Waals surface area contributed by atoms with E-state index in [1.54, 1.807) is 11.3 Å². The summed E-state index contributed by atoms with van der Waals surface area (Å²) in [5.74, 6) is 1.79. The number of nitrogens with zero attached hydrogens (tertiary/aromatic N) is 2. The molecule has 0 aromatic carbocycles. The lowest BCUT2D eigenvalue weighted by molar-refractivity contribution is 0.436. The predicted octanol–water partition coefficient (Wildman–Crippen LogP) is 3.18. The molecule has 0 amide bonds. The van der Waals surface area contributed by atoms with E-state index in [0.29, 0.717) is 11.8 Å². The summed E-state index contributed by atoms with van der Waals surface area (Å²) >= 11 is 1.70. The van der Waals surface area contributed by atoms with E-state index in [4.69, 9.17) is 5.73 Å². The smallest absolute Gasteiger partial charge is 0.0971 e. The van der Waals surface area contributed by atoms with Crippen LogP contribution in [0.5, 0.6) is 0 Å². The Kier molecular flexibility index (Phi) is 4.54. The normalized spacial score (nSPS) is 20.4. The highest BCUT2D eigenvalue weighted by Crippen LogP contribution is 2.24. The number of rotatable bonds is 4. The zero-order valence-corrected chi connectivity index (χ0v) is 11.2. The van der Waals surface area contributed by atoms with Crippen molar-refractivity contribution in [1.82, 2.24) is 4.98 Å². The second-order valence-electron chi connectivity index (χ2n) is 4.87. The molecule has 17 heavy (non-hydrogen) atoms. The number of amidine groups is 1. The molecule has 1 atom stereocenters. The van der Waals surface area contributed by atoms with Crippen molar-refractivity contribution < 1.29 is 0 Å². The number of hydrogen-bond donors (Lipinski definition) is 1. The Morgan fingerprint density at radius 2 is 2.29 bits per heavy atom. The van der Waals surface area contributed by atoms with Crippen molar-refractivity contribution in [3.63, 3.8) is 0 Å². The average molecular weight is 251 g/mol. The maximum absolute atomic E-state index is 6.08. The van der Waals surface area contributed by atoms with Gasteiger partial charge in [-0.25, -0.2) is 4.98 Å². The largest absolute Gasteiger partial charge is 0.387 e. The molecule has 1 unspecified atom stereocenters. The Morgan fingerprint density at radius 1 is 1.53 bits per heavy atom. The van der Waals surface area contributed by atoms with Crippen molar-refractivity contribution >= 4 is 17.2 Å². The first-order chi connectivity index (χ1) is 8.27. The van der Waals surface area contributed by atoms with Crippen molar-refractivity contribution in [2.24, 2.45) is 16.6 Å². The van der Waals surface area contributed by atoms with Crippen LogP contribution in [0, 0.1) is 5.92 Å². The lowest BCUT2D eigenvalue weighted by atomic mass is 9.88. The van der Waals surface area contributed by atoms with Crippen molar-refractivity contribution in [3.05, 3.63) is 16.6 Å². The quantitative estimate of drug-likeness (QED) is 0.660. The molecule has 4 heteroatoms. The standard InChI is InChI=1S/C13H21N3S/c1-10(13-15-7-8-17-13)9-16-12(14)11-5-3-2-4-6-11/h7-8,10-11H,2-6,9H2,1H3,(H2,14,16). The Hall–Kier alpha value is -0.900. The van der Waals surface area contributed by atoms with Gasteiger partial charge in [0.15, 0.2) is 0 Å². The van der Waals surface area contributed by atoms with Crippen LogP contribution in [-0.2, 0) is 0 Å². The summed E-state index contributed by atoms with van der Waals surface area (Å²) in [6.45, 7) is 2.94. The lowest BCUT2D eigenvalue weighted by Gasteiger charge is -2.21. The Labute approximate surface area is 107 Å². The number of hydrogen-bond acceptors (Lipinski definition) is 3. The van der Waals surface area contributed by atoms with Gasteiger partial charge in [0.05, 0.1) is 10.8 Å². The van der Waals surface area contributed by atoms with Gasteiger partial charge in [0.1, 0.15) is 0 Å². The fraction of sp³-hybridized carbons (Fsp3) is 0.692. The van der Waals surface area contributed by atoms with Gasteiger partial charge in [-0.15, -0.1) is 11.3 Å². The first kappa shape index (κ1) is 12.6. The topological polar surface area (TPSA) is 51.3 Å². The van der Waals surface area contributed by atoms with E-state index in [1.807, 2.05) is 11.6 Å². The molecule has 2 rings (SSSR count). The summed E-state index contributed by atoms with van der Waals surface area (Å²) in [5, 5.41) is 3.17. The third-order valence-corrected chi connectivity index (χ3v) is 4.45. The van der Waals surface area contributed by atoms with Crippen molar-refractivity contribution in [3.8, 4) is 0 Å². The van der Waals surface area contributed by atoms with Gasteiger partial charge in [0, 0.05) is 30.0 Å². The molecule has 1 aliphatic carbocycles. The molecule has 0 radical (unpaired) electrons. The van der Waals surface area contributed by atoms with Crippen LogP contribution in [0.1, 0.15) is 50.0 Å². The fourth-order valence-electron chi connectivity index (χ4n) is 2.33. The zero-order valence-electron chi connectivity index (χ0n) is 10.4. The van der Waals surface area contributed by atoms with Crippen LogP contribution >= 0.6 is 11.3 Å². The molecule has 1 heterocycles. The van der Waals surface area contributed by atoms with Crippen LogP contribution in [0.3, 0.4) is 0 Å². The SMILES string of the molecule is CC(CN=C(N)C1CCCCC1)c1nccs1. The molecule has 3 nitrogen and oxygen atoms in total. The molecule has 0 bridgehead atoms. The van der Waals surface area contributed by atoms with Gasteiger partial charge in [-0.1, -0.05) is 26.2 Å². The minimum atomic E-state index is 0.386. The molecule has 1 aromatic rings. The number of aliphatic imine (C=N–C) groups is 1. The molecule has 0 aliphatic heterocycles. The van der Waals surface area contributed by atoms with Gasteiger partial charge in [0.2, 0.25) is 0 Å². The van der Waals surface area contributed by atoms with E-state index in [2.05, 4.69) is 16.9 Å². The van der Waals surface area contributed by atoms with E-state index in [-0.39, 0.29) is 0 Å². The Morgan fingerprint density at radius 3 is 2.94 bits per heavy atom. The van der Waals surface area contributed by atoms with E-state index < -0.39 is 0 Å². The van der Waals surface area contributed by atoms with E-state index in [1.165, 1.54) is 32.1 Å². The number of nitrogens with two attached hydrogens (primary N) is 1. The summed E-state index contributed by atoms with van der Waals surface area (Å²) in [7, 11) is 0. The van der Waals surface area contributed by atoms with Gasteiger partial charge >= 0.3 is 0 Å². The Balaban J connectivity index is 1.86. The van der Waals surface area contributed by atoms with E-state index in [9.17, 15) is 0 Å². The predicted molar refractivity (Wildman–Crippen MR) is 73.6 cm³/mol. The molecule has 94 valence electrons. The molecule has 0 spiro atoms. The molecular formula is C13H21N3S. The monoisotopic (exact) mass is 251 g/mol. The number of aromatic nitrogens is 1.